The van der Waals surface area contributed by atoms with E-state index < -0.39 is 11.9 Å². The van der Waals surface area contributed by atoms with E-state index in [2.05, 4.69) is 0 Å². The number of rotatable bonds is 5. The molecule has 0 saturated carbocycles. The summed E-state index contributed by atoms with van der Waals surface area (Å²) in [6.07, 6.45) is 1.02. The van der Waals surface area contributed by atoms with Crippen LogP contribution in [-0.4, -0.2) is 29.8 Å². The fourth-order valence-corrected chi connectivity index (χ4v) is 2.19. The minimum atomic E-state index is -1.01. The highest BCUT2D eigenvalue weighted by molar-refractivity contribution is 6.30. The maximum Gasteiger partial charge on any atom is 0.306 e. The zero-order chi connectivity index (χ0) is 14.5. The highest BCUT2D eigenvalue weighted by atomic mass is 35.5. The average molecular weight is 299 g/mol. The highest BCUT2D eigenvalue weighted by Gasteiger charge is 2.21. The van der Waals surface area contributed by atoms with Crippen molar-refractivity contribution in [1.29, 1.82) is 0 Å². The summed E-state index contributed by atoms with van der Waals surface area (Å²) in [4.78, 5) is 21.7. The molecule has 1 aliphatic heterocycles. The molecule has 108 valence electrons. The van der Waals surface area contributed by atoms with Crippen LogP contribution >= 0.6 is 11.6 Å². The van der Waals surface area contributed by atoms with E-state index in [0.717, 1.165) is 24.2 Å². The van der Waals surface area contributed by atoms with Gasteiger partial charge < -0.3 is 14.6 Å². The van der Waals surface area contributed by atoms with Crippen molar-refractivity contribution in [2.75, 3.05) is 6.61 Å². The van der Waals surface area contributed by atoms with Crippen LogP contribution in [0.5, 0.6) is 5.75 Å². The van der Waals surface area contributed by atoms with E-state index >= 15 is 0 Å². The van der Waals surface area contributed by atoms with E-state index in [1.807, 2.05) is 6.07 Å². The van der Waals surface area contributed by atoms with Crippen molar-refractivity contribution in [3.8, 4) is 5.75 Å². The Labute approximate surface area is 121 Å². The Bertz CT molecular complexity index is 514. The molecule has 1 aliphatic rings. The van der Waals surface area contributed by atoms with Gasteiger partial charge in [0.25, 0.3) is 0 Å². The van der Waals surface area contributed by atoms with Gasteiger partial charge in [-0.1, -0.05) is 11.6 Å². The van der Waals surface area contributed by atoms with Crippen LogP contribution in [0, 0.1) is 0 Å². The van der Waals surface area contributed by atoms with Crippen LogP contribution in [0.25, 0.3) is 0 Å². The standard InChI is InChI=1S/C14H15ClO5/c15-10-2-4-12-9(7-10)1-3-11(20-12)8-19-14(18)6-5-13(16)17/h2,4,7,11H,1,3,5-6,8H2,(H,16,17)/t11-/m0/s1. The molecule has 0 fully saturated rings. The number of carboxylic acid groups (broad SMARTS) is 1. The van der Waals surface area contributed by atoms with Crippen LogP contribution in [0.4, 0.5) is 0 Å². The molecule has 0 aliphatic carbocycles. The van der Waals surface area contributed by atoms with Gasteiger partial charge in [-0.2, -0.15) is 0 Å². The third-order valence-corrected chi connectivity index (χ3v) is 3.26. The lowest BCUT2D eigenvalue weighted by atomic mass is 10.0. The van der Waals surface area contributed by atoms with Gasteiger partial charge in [0.05, 0.1) is 12.8 Å². The number of hydrogen-bond donors (Lipinski definition) is 1. The van der Waals surface area contributed by atoms with Gasteiger partial charge >= 0.3 is 11.9 Å². The van der Waals surface area contributed by atoms with Crippen molar-refractivity contribution in [3.05, 3.63) is 28.8 Å². The van der Waals surface area contributed by atoms with Crippen LogP contribution in [-0.2, 0) is 20.7 Å². The molecule has 1 N–H and O–H groups in total. The number of aryl methyl sites for hydroxylation is 1. The Kier molecular flexibility index (Phi) is 4.84. The van der Waals surface area contributed by atoms with Crippen molar-refractivity contribution < 1.29 is 24.2 Å². The van der Waals surface area contributed by atoms with Crippen LogP contribution < -0.4 is 4.74 Å². The summed E-state index contributed by atoms with van der Waals surface area (Å²) in [7, 11) is 0. The molecule has 0 saturated heterocycles. The van der Waals surface area contributed by atoms with E-state index in [1.54, 1.807) is 12.1 Å². The summed E-state index contributed by atoms with van der Waals surface area (Å²) in [6.45, 7) is 0.139. The molecule has 1 atom stereocenters. The number of ether oxygens (including phenoxy) is 2. The SMILES string of the molecule is O=C(O)CCC(=O)OC[C@@H]1CCc2cc(Cl)ccc2O1. The van der Waals surface area contributed by atoms with E-state index in [0.29, 0.717) is 5.02 Å². The van der Waals surface area contributed by atoms with E-state index in [9.17, 15) is 9.59 Å². The van der Waals surface area contributed by atoms with Crippen molar-refractivity contribution in [2.45, 2.75) is 31.8 Å². The quantitative estimate of drug-likeness (QED) is 0.845. The molecule has 0 bridgehead atoms. The van der Waals surface area contributed by atoms with E-state index in [4.69, 9.17) is 26.2 Å². The maximum atomic E-state index is 11.3. The van der Waals surface area contributed by atoms with Crippen molar-refractivity contribution in [3.63, 3.8) is 0 Å². The molecule has 0 aromatic heterocycles. The van der Waals surface area contributed by atoms with Gasteiger partial charge in [-0.15, -0.1) is 0 Å². The van der Waals surface area contributed by atoms with E-state index in [-0.39, 0.29) is 25.6 Å². The van der Waals surface area contributed by atoms with Crippen molar-refractivity contribution >= 4 is 23.5 Å². The second-order valence-electron chi connectivity index (χ2n) is 4.61. The molecule has 1 heterocycles. The van der Waals surface area contributed by atoms with Gasteiger partial charge in [-0.25, -0.2) is 0 Å². The lowest BCUT2D eigenvalue weighted by Crippen LogP contribution is -2.29. The summed E-state index contributed by atoms with van der Waals surface area (Å²) < 4.78 is 10.7. The van der Waals surface area contributed by atoms with Crippen LogP contribution in [0.2, 0.25) is 5.02 Å². The fraction of sp³-hybridized carbons (Fsp3) is 0.429. The minimum absolute atomic E-state index is 0.117. The first kappa shape index (κ1) is 14.7. The summed E-state index contributed by atoms with van der Waals surface area (Å²) in [5.74, 6) is -0.771. The Hall–Kier alpha value is -1.75. The third-order valence-electron chi connectivity index (χ3n) is 3.03. The van der Waals surface area contributed by atoms with E-state index in [1.165, 1.54) is 0 Å². The molecule has 1 aromatic rings. The fourth-order valence-electron chi connectivity index (χ4n) is 2.00. The number of fused-ring (bicyclic) bond motifs is 1. The van der Waals surface area contributed by atoms with Gasteiger partial charge in [0.2, 0.25) is 0 Å². The smallest absolute Gasteiger partial charge is 0.306 e. The molecule has 5 nitrogen and oxygen atoms in total. The number of carbonyl (C=O) groups is 2. The van der Waals surface area contributed by atoms with Crippen LogP contribution in [0.3, 0.4) is 0 Å². The summed E-state index contributed by atoms with van der Waals surface area (Å²) >= 11 is 5.90. The lowest BCUT2D eigenvalue weighted by molar-refractivity contribution is -0.149. The number of carboxylic acids is 1. The molecule has 0 amide bonds. The number of carbonyl (C=O) groups excluding carboxylic acids is 1. The Balaban J connectivity index is 1.80. The number of benzene rings is 1. The molecule has 6 heteroatoms. The number of halogens is 1. The molecule has 0 spiro atoms. The minimum Gasteiger partial charge on any atom is -0.487 e. The molecule has 20 heavy (non-hydrogen) atoms. The van der Waals surface area contributed by atoms with Gasteiger partial charge in [-0.05, 0) is 36.6 Å². The zero-order valence-corrected chi connectivity index (χ0v) is 11.6. The maximum absolute atomic E-state index is 11.3. The Morgan fingerprint density at radius 3 is 2.95 bits per heavy atom. The first-order valence-corrected chi connectivity index (χ1v) is 6.75. The monoisotopic (exact) mass is 298 g/mol. The number of esters is 1. The first-order chi connectivity index (χ1) is 9.54. The van der Waals surface area contributed by atoms with Crippen LogP contribution in [0.1, 0.15) is 24.8 Å². The molecule has 0 unspecified atom stereocenters. The Morgan fingerprint density at radius 2 is 2.20 bits per heavy atom. The molecule has 0 radical (unpaired) electrons. The molecular formula is C14H15ClO5. The average Bonchev–Trinajstić information content (AvgIpc) is 2.42. The van der Waals surface area contributed by atoms with Crippen LogP contribution in [0.15, 0.2) is 18.2 Å². The third kappa shape index (κ3) is 4.13. The van der Waals surface area contributed by atoms with Gasteiger partial charge in [0.15, 0.2) is 0 Å². The Morgan fingerprint density at radius 1 is 1.40 bits per heavy atom. The lowest BCUT2D eigenvalue weighted by Gasteiger charge is -2.25. The summed E-state index contributed by atoms with van der Waals surface area (Å²) in [5, 5.41) is 9.14. The largest absolute Gasteiger partial charge is 0.487 e. The predicted molar refractivity (Wildman–Crippen MR) is 72.0 cm³/mol. The number of hydrogen-bond acceptors (Lipinski definition) is 4. The topological polar surface area (TPSA) is 72.8 Å². The second kappa shape index (κ2) is 6.61. The predicted octanol–water partition coefficient (Wildman–Crippen LogP) is 2.44. The number of aliphatic carboxylic acids is 1. The summed E-state index contributed by atoms with van der Waals surface area (Å²) in [5.41, 5.74) is 1.05. The normalized spacial score (nSPS) is 16.9. The highest BCUT2D eigenvalue weighted by Crippen LogP contribution is 2.30. The molecule has 1 aromatic carbocycles. The summed E-state index contributed by atoms with van der Waals surface area (Å²) in [6, 6.07) is 5.42. The van der Waals surface area contributed by atoms with Crippen molar-refractivity contribution in [1.82, 2.24) is 0 Å². The molecule has 2 rings (SSSR count). The van der Waals surface area contributed by atoms with Crippen molar-refractivity contribution in [2.24, 2.45) is 0 Å². The van der Waals surface area contributed by atoms with Gasteiger partial charge in [-0.3, -0.25) is 9.59 Å². The zero-order valence-electron chi connectivity index (χ0n) is 10.8. The van der Waals surface area contributed by atoms with Gasteiger partial charge in [0, 0.05) is 5.02 Å². The van der Waals surface area contributed by atoms with Gasteiger partial charge in [0.1, 0.15) is 18.5 Å². The molecular weight excluding hydrogens is 284 g/mol. The first-order valence-electron chi connectivity index (χ1n) is 6.37. The second-order valence-corrected chi connectivity index (χ2v) is 5.04.